The fourth-order valence-corrected chi connectivity index (χ4v) is 4.73. The Morgan fingerprint density at radius 1 is 1.00 bits per heavy atom. The smallest absolute Gasteiger partial charge is 0.125 e. The maximum atomic E-state index is 13.9. The van der Waals surface area contributed by atoms with Gasteiger partial charge in [-0.05, 0) is 74.0 Å². The molecule has 2 aliphatic rings. The molecule has 0 atom stereocenters. The van der Waals surface area contributed by atoms with Crippen molar-refractivity contribution in [1.29, 1.82) is 0 Å². The fraction of sp³-hybridized carbons (Fsp3) is 0.409. The molecule has 2 aromatic carbocycles. The van der Waals surface area contributed by atoms with Gasteiger partial charge in [-0.1, -0.05) is 12.1 Å². The molecular weight excluding hydrogens is 344 g/mol. The lowest BCUT2D eigenvalue weighted by Crippen LogP contribution is -2.33. The zero-order valence-electron chi connectivity index (χ0n) is 15.3. The van der Waals surface area contributed by atoms with Crippen LogP contribution in [0.1, 0.15) is 42.1 Å². The minimum Gasteiger partial charge on any atom is -0.327 e. The van der Waals surface area contributed by atoms with Gasteiger partial charge in [-0.3, -0.25) is 4.90 Å². The Balaban J connectivity index is 1.33. The van der Waals surface area contributed by atoms with Gasteiger partial charge in [0, 0.05) is 12.6 Å². The van der Waals surface area contributed by atoms with Crippen LogP contribution in [-0.4, -0.2) is 27.5 Å². The van der Waals surface area contributed by atoms with Crippen LogP contribution < -0.4 is 0 Å². The van der Waals surface area contributed by atoms with E-state index < -0.39 is 0 Å². The van der Waals surface area contributed by atoms with Crippen LogP contribution in [0, 0.1) is 11.6 Å². The largest absolute Gasteiger partial charge is 0.327 e. The number of nitrogens with zero attached hydrogens (tertiary/aromatic N) is 3. The standard InChI is InChI=1S/C22H23F2N3/c23-18-5-1-3-16(11-18)15-6-9-26(10-7-15)14-21-25-20-13-19(24)12-17-4-2-8-27(21)22(17)20/h1,3,5,11-13,15H,2,4,6-10,14H2. The highest BCUT2D eigenvalue weighted by molar-refractivity contribution is 5.80. The van der Waals surface area contributed by atoms with E-state index in [1.165, 1.54) is 6.07 Å². The van der Waals surface area contributed by atoms with Gasteiger partial charge < -0.3 is 4.57 Å². The molecule has 1 saturated heterocycles. The van der Waals surface area contributed by atoms with Crippen molar-refractivity contribution in [2.24, 2.45) is 0 Å². The van der Waals surface area contributed by atoms with E-state index in [1.807, 2.05) is 6.07 Å². The van der Waals surface area contributed by atoms with Gasteiger partial charge in [-0.25, -0.2) is 13.8 Å². The fourth-order valence-electron chi connectivity index (χ4n) is 4.73. The molecule has 3 heterocycles. The average molecular weight is 367 g/mol. The number of rotatable bonds is 3. The molecule has 0 N–H and O–H groups in total. The number of likely N-dealkylation sites (tertiary alicyclic amines) is 1. The van der Waals surface area contributed by atoms with Gasteiger partial charge >= 0.3 is 0 Å². The molecule has 3 nitrogen and oxygen atoms in total. The van der Waals surface area contributed by atoms with Crippen LogP contribution >= 0.6 is 0 Å². The van der Waals surface area contributed by atoms with Crippen LogP contribution in [-0.2, 0) is 19.5 Å². The van der Waals surface area contributed by atoms with Gasteiger partial charge in [0.1, 0.15) is 17.5 Å². The zero-order valence-corrected chi connectivity index (χ0v) is 15.3. The number of halogens is 2. The van der Waals surface area contributed by atoms with Gasteiger partial charge in [0.15, 0.2) is 0 Å². The summed E-state index contributed by atoms with van der Waals surface area (Å²) in [7, 11) is 0. The minimum absolute atomic E-state index is 0.152. The molecule has 0 saturated carbocycles. The van der Waals surface area contributed by atoms with Crippen molar-refractivity contribution in [2.75, 3.05) is 13.1 Å². The first-order valence-corrected chi connectivity index (χ1v) is 9.83. The summed E-state index contributed by atoms with van der Waals surface area (Å²) in [5.41, 5.74) is 4.10. The highest BCUT2D eigenvalue weighted by Crippen LogP contribution is 2.31. The number of benzene rings is 2. The third-order valence-corrected chi connectivity index (χ3v) is 6.07. The molecule has 27 heavy (non-hydrogen) atoms. The first-order chi connectivity index (χ1) is 13.2. The van der Waals surface area contributed by atoms with E-state index in [4.69, 9.17) is 4.98 Å². The molecule has 1 aromatic heterocycles. The van der Waals surface area contributed by atoms with E-state index in [-0.39, 0.29) is 11.6 Å². The first-order valence-electron chi connectivity index (χ1n) is 9.83. The van der Waals surface area contributed by atoms with E-state index in [2.05, 4.69) is 9.47 Å². The average Bonchev–Trinajstić information content (AvgIpc) is 3.01. The van der Waals surface area contributed by atoms with Crippen molar-refractivity contribution in [3.05, 3.63) is 65.0 Å². The molecule has 0 unspecified atom stereocenters. The van der Waals surface area contributed by atoms with E-state index in [0.717, 1.165) is 79.8 Å². The lowest BCUT2D eigenvalue weighted by Gasteiger charge is -2.32. The normalized spacial score (nSPS) is 18.3. The molecule has 3 aromatic rings. The number of aryl methyl sites for hydroxylation is 2. The summed E-state index contributed by atoms with van der Waals surface area (Å²) in [6, 6.07) is 10.2. The molecule has 5 heteroatoms. The summed E-state index contributed by atoms with van der Waals surface area (Å²) in [5, 5.41) is 0. The van der Waals surface area contributed by atoms with E-state index in [9.17, 15) is 8.78 Å². The van der Waals surface area contributed by atoms with E-state index in [0.29, 0.717) is 5.92 Å². The Labute approximate surface area is 157 Å². The summed E-state index contributed by atoms with van der Waals surface area (Å²) in [5.74, 6) is 1.13. The Kier molecular flexibility index (Phi) is 4.20. The summed E-state index contributed by atoms with van der Waals surface area (Å²) >= 11 is 0. The molecular formula is C22H23F2N3. The second-order valence-electron chi connectivity index (χ2n) is 7.82. The van der Waals surface area contributed by atoms with Gasteiger partial charge in [0.25, 0.3) is 0 Å². The molecule has 0 aliphatic carbocycles. The van der Waals surface area contributed by atoms with Gasteiger partial charge in [-0.2, -0.15) is 0 Å². The predicted molar refractivity (Wildman–Crippen MR) is 102 cm³/mol. The topological polar surface area (TPSA) is 21.1 Å². The maximum Gasteiger partial charge on any atom is 0.125 e. The molecule has 0 amide bonds. The molecule has 1 fully saturated rings. The molecule has 2 aliphatic heterocycles. The van der Waals surface area contributed by atoms with Crippen molar-refractivity contribution in [3.63, 3.8) is 0 Å². The zero-order chi connectivity index (χ0) is 18.4. The summed E-state index contributed by atoms with van der Waals surface area (Å²) in [6.45, 7) is 3.72. The summed E-state index contributed by atoms with van der Waals surface area (Å²) in [6.07, 6.45) is 4.03. The number of hydrogen-bond acceptors (Lipinski definition) is 2. The quantitative estimate of drug-likeness (QED) is 0.672. The number of imidazole rings is 1. The van der Waals surface area contributed by atoms with Gasteiger partial charge in [-0.15, -0.1) is 0 Å². The highest BCUT2D eigenvalue weighted by Gasteiger charge is 2.24. The predicted octanol–water partition coefficient (Wildman–Crippen LogP) is 4.64. The lowest BCUT2D eigenvalue weighted by atomic mass is 9.89. The van der Waals surface area contributed by atoms with Crippen LogP contribution in [0.4, 0.5) is 8.78 Å². The summed E-state index contributed by atoms with van der Waals surface area (Å²) < 4.78 is 29.6. The first kappa shape index (κ1) is 16.9. The maximum absolute atomic E-state index is 13.9. The molecule has 0 spiro atoms. The Morgan fingerprint density at radius 3 is 2.67 bits per heavy atom. The SMILES string of the molecule is Fc1cccc(C2CCN(Cc3nc4cc(F)cc5c4n3CCC5)CC2)c1. The lowest BCUT2D eigenvalue weighted by molar-refractivity contribution is 0.198. The van der Waals surface area contributed by atoms with Crippen LogP contribution in [0.5, 0.6) is 0 Å². The minimum atomic E-state index is -0.188. The van der Waals surface area contributed by atoms with Gasteiger partial charge in [0.05, 0.1) is 17.6 Å². The van der Waals surface area contributed by atoms with Crippen molar-refractivity contribution in [3.8, 4) is 0 Å². The number of piperidine rings is 1. The van der Waals surface area contributed by atoms with E-state index in [1.54, 1.807) is 24.3 Å². The number of aromatic nitrogens is 2. The van der Waals surface area contributed by atoms with E-state index >= 15 is 0 Å². The van der Waals surface area contributed by atoms with Crippen LogP contribution in [0.3, 0.4) is 0 Å². The Hall–Kier alpha value is -2.27. The van der Waals surface area contributed by atoms with Crippen molar-refractivity contribution in [2.45, 2.75) is 44.7 Å². The van der Waals surface area contributed by atoms with Crippen LogP contribution in [0.15, 0.2) is 36.4 Å². The third-order valence-electron chi connectivity index (χ3n) is 6.07. The monoisotopic (exact) mass is 367 g/mol. The Bertz CT molecular complexity index is 987. The second kappa shape index (κ2) is 6.71. The van der Waals surface area contributed by atoms with Crippen molar-refractivity contribution < 1.29 is 8.78 Å². The second-order valence-corrected chi connectivity index (χ2v) is 7.82. The molecule has 140 valence electrons. The van der Waals surface area contributed by atoms with Crippen molar-refractivity contribution in [1.82, 2.24) is 14.5 Å². The molecule has 5 rings (SSSR count). The van der Waals surface area contributed by atoms with Gasteiger partial charge in [0.2, 0.25) is 0 Å². The molecule has 0 radical (unpaired) electrons. The molecule has 0 bridgehead atoms. The third kappa shape index (κ3) is 3.14. The van der Waals surface area contributed by atoms with Crippen molar-refractivity contribution >= 4 is 11.0 Å². The van der Waals surface area contributed by atoms with Crippen LogP contribution in [0.2, 0.25) is 0 Å². The Morgan fingerprint density at radius 2 is 1.85 bits per heavy atom. The highest BCUT2D eigenvalue weighted by atomic mass is 19.1. The van der Waals surface area contributed by atoms with Crippen LogP contribution in [0.25, 0.3) is 11.0 Å². The number of hydrogen-bond donors (Lipinski definition) is 0. The summed E-state index contributed by atoms with van der Waals surface area (Å²) in [4.78, 5) is 7.18.